The lowest BCUT2D eigenvalue weighted by Gasteiger charge is -2.36. The van der Waals surface area contributed by atoms with E-state index in [1.165, 1.54) is 4.90 Å². The zero-order valence-electron chi connectivity index (χ0n) is 12.7. The second-order valence-corrected chi connectivity index (χ2v) is 6.08. The van der Waals surface area contributed by atoms with Crippen molar-refractivity contribution in [2.45, 2.75) is 24.5 Å². The first-order chi connectivity index (χ1) is 11.5. The van der Waals surface area contributed by atoms with Crippen LogP contribution in [0.3, 0.4) is 0 Å². The number of thiocarbonyl (C=S) groups is 1. The molecule has 0 saturated carbocycles. The van der Waals surface area contributed by atoms with Crippen molar-refractivity contribution in [1.82, 2.24) is 10.2 Å². The van der Waals surface area contributed by atoms with Crippen LogP contribution in [0.4, 0.5) is 0 Å². The SMILES string of the molecule is O=C1NC(=S)N([C@@H]2O[C@H](CO)[C@@H](O)[C@@H]2O)C/C1=C/c1ccccc1. The first-order valence-corrected chi connectivity index (χ1v) is 7.92. The summed E-state index contributed by atoms with van der Waals surface area (Å²) < 4.78 is 5.49. The molecule has 0 aromatic heterocycles. The van der Waals surface area contributed by atoms with Gasteiger partial charge in [0.25, 0.3) is 5.91 Å². The second kappa shape index (κ2) is 6.96. The molecule has 8 heteroatoms. The average molecular weight is 350 g/mol. The van der Waals surface area contributed by atoms with Crippen LogP contribution in [0.25, 0.3) is 6.08 Å². The fourth-order valence-electron chi connectivity index (χ4n) is 2.78. The minimum absolute atomic E-state index is 0.111. The number of amides is 1. The van der Waals surface area contributed by atoms with E-state index in [0.717, 1.165) is 5.56 Å². The summed E-state index contributed by atoms with van der Waals surface area (Å²) in [6.45, 7) is -0.291. The van der Waals surface area contributed by atoms with Gasteiger partial charge in [-0.25, -0.2) is 0 Å². The number of hydrogen-bond donors (Lipinski definition) is 4. The van der Waals surface area contributed by atoms with Crippen molar-refractivity contribution in [1.29, 1.82) is 0 Å². The number of aliphatic hydroxyl groups excluding tert-OH is 3. The molecule has 0 aliphatic carbocycles. The van der Waals surface area contributed by atoms with Gasteiger partial charge in [0.1, 0.15) is 18.3 Å². The van der Waals surface area contributed by atoms with Crippen molar-refractivity contribution in [3.63, 3.8) is 0 Å². The van der Waals surface area contributed by atoms with E-state index >= 15 is 0 Å². The summed E-state index contributed by atoms with van der Waals surface area (Å²) in [5.74, 6) is -0.313. The van der Waals surface area contributed by atoms with Crippen molar-refractivity contribution in [2.24, 2.45) is 0 Å². The molecule has 1 aromatic carbocycles. The highest BCUT2D eigenvalue weighted by Gasteiger charge is 2.47. The molecular formula is C16H18N2O5S. The number of carbonyl (C=O) groups excluding carboxylic acids is 1. The molecule has 4 N–H and O–H groups in total. The maximum Gasteiger partial charge on any atom is 0.255 e. The summed E-state index contributed by atoms with van der Waals surface area (Å²) in [5.41, 5.74) is 1.31. The summed E-state index contributed by atoms with van der Waals surface area (Å²) in [6.07, 6.45) is -2.57. The van der Waals surface area contributed by atoms with Crippen molar-refractivity contribution in [3.05, 3.63) is 41.5 Å². The van der Waals surface area contributed by atoms with Crippen LogP contribution in [-0.4, -0.2) is 68.9 Å². The van der Waals surface area contributed by atoms with Crippen LogP contribution in [-0.2, 0) is 9.53 Å². The topological polar surface area (TPSA) is 102 Å². The molecule has 3 rings (SSSR count). The van der Waals surface area contributed by atoms with E-state index in [1.807, 2.05) is 30.3 Å². The molecule has 7 nitrogen and oxygen atoms in total. The molecule has 2 heterocycles. The van der Waals surface area contributed by atoms with Gasteiger partial charge in [-0.2, -0.15) is 0 Å². The minimum atomic E-state index is -1.24. The summed E-state index contributed by atoms with van der Waals surface area (Å²) >= 11 is 5.16. The standard InChI is InChI=1S/C16H18N2O5S/c19-8-11-12(20)13(21)15(23-11)18-7-10(14(22)17-16(18)24)6-9-4-2-1-3-5-9/h1-6,11-13,15,19-21H,7-8H2,(H,17,22,24)/b10-6-/t11-,12-,13+,15-/m1/s1. The molecule has 1 amide bonds. The summed E-state index contributed by atoms with van der Waals surface area (Å²) in [7, 11) is 0. The molecule has 4 atom stereocenters. The molecule has 2 saturated heterocycles. The Bertz CT molecular complexity index is 666. The van der Waals surface area contributed by atoms with Gasteiger partial charge < -0.3 is 25.0 Å². The first kappa shape index (κ1) is 17.0. The second-order valence-electron chi connectivity index (χ2n) is 5.70. The number of rotatable bonds is 3. The Morgan fingerprint density at radius 2 is 2.00 bits per heavy atom. The van der Waals surface area contributed by atoms with Crippen LogP contribution in [0.2, 0.25) is 0 Å². The number of ether oxygens (including phenoxy) is 1. The number of carbonyl (C=O) groups is 1. The normalized spacial score (nSPS) is 32.3. The maximum atomic E-state index is 12.1. The predicted octanol–water partition coefficient (Wildman–Crippen LogP) is -0.774. The summed E-state index contributed by atoms with van der Waals surface area (Å²) in [5, 5.41) is 31.9. The van der Waals surface area contributed by atoms with Crippen molar-refractivity contribution in [3.8, 4) is 0 Å². The van der Waals surface area contributed by atoms with Crippen LogP contribution in [0.1, 0.15) is 5.56 Å². The Balaban J connectivity index is 1.83. The van der Waals surface area contributed by atoms with Crippen LogP contribution >= 0.6 is 12.2 Å². The highest BCUT2D eigenvalue weighted by Crippen LogP contribution is 2.26. The van der Waals surface area contributed by atoms with E-state index in [4.69, 9.17) is 17.0 Å². The zero-order valence-corrected chi connectivity index (χ0v) is 13.5. The third-order valence-corrected chi connectivity index (χ3v) is 4.42. The Labute approximate surface area is 144 Å². The van der Waals surface area contributed by atoms with Gasteiger partial charge in [-0.05, 0) is 23.9 Å². The molecular weight excluding hydrogens is 332 g/mol. The lowest BCUT2D eigenvalue weighted by atomic mass is 10.1. The van der Waals surface area contributed by atoms with Crippen molar-refractivity contribution < 1.29 is 24.9 Å². The number of aliphatic hydroxyl groups is 3. The average Bonchev–Trinajstić information content (AvgIpc) is 2.86. The fourth-order valence-corrected chi connectivity index (χ4v) is 3.04. The Hall–Kier alpha value is -1.84. The zero-order chi connectivity index (χ0) is 17.3. The fraction of sp³-hybridized carbons (Fsp3) is 0.375. The largest absolute Gasteiger partial charge is 0.394 e. The quantitative estimate of drug-likeness (QED) is 0.419. The minimum Gasteiger partial charge on any atom is -0.394 e. The van der Waals surface area contributed by atoms with Crippen LogP contribution in [0, 0.1) is 0 Å². The molecule has 0 radical (unpaired) electrons. The van der Waals surface area contributed by atoms with Crippen molar-refractivity contribution >= 4 is 29.3 Å². The number of benzene rings is 1. The van der Waals surface area contributed by atoms with Gasteiger partial charge >= 0.3 is 0 Å². The highest BCUT2D eigenvalue weighted by atomic mass is 32.1. The molecule has 0 unspecified atom stereocenters. The predicted molar refractivity (Wildman–Crippen MR) is 89.6 cm³/mol. The number of nitrogens with one attached hydrogen (secondary N) is 1. The number of nitrogens with zero attached hydrogens (tertiary/aromatic N) is 1. The van der Waals surface area contributed by atoms with Crippen LogP contribution in [0.5, 0.6) is 0 Å². The highest BCUT2D eigenvalue weighted by molar-refractivity contribution is 7.80. The molecule has 2 aliphatic heterocycles. The summed E-state index contributed by atoms with van der Waals surface area (Å²) in [4.78, 5) is 13.6. The molecule has 0 bridgehead atoms. The number of hydrogen-bond acceptors (Lipinski definition) is 6. The van der Waals surface area contributed by atoms with E-state index in [0.29, 0.717) is 5.57 Å². The Kier molecular flexibility index (Phi) is 4.93. The first-order valence-electron chi connectivity index (χ1n) is 7.51. The van der Waals surface area contributed by atoms with Gasteiger partial charge in [-0.3, -0.25) is 10.1 Å². The molecule has 0 spiro atoms. The molecule has 24 heavy (non-hydrogen) atoms. The lowest BCUT2D eigenvalue weighted by Crippen LogP contribution is -2.57. The monoisotopic (exact) mass is 350 g/mol. The van der Waals surface area contributed by atoms with Gasteiger partial charge in [0, 0.05) is 5.57 Å². The third-order valence-electron chi connectivity index (χ3n) is 4.08. The van der Waals surface area contributed by atoms with E-state index in [-0.39, 0.29) is 17.6 Å². The van der Waals surface area contributed by atoms with Gasteiger partial charge in [0.15, 0.2) is 11.3 Å². The lowest BCUT2D eigenvalue weighted by molar-refractivity contribution is -0.118. The molecule has 2 fully saturated rings. The Morgan fingerprint density at radius 1 is 1.29 bits per heavy atom. The maximum absolute atomic E-state index is 12.1. The molecule has 1 aromatic rings. The van der Waals surface area contributed by atoms with E-state index < -0.39 is 31.1 Å². The van der Waals surface area contributed by atoms with Gasteiger partial charge in [0.2, 0.25) is 0 Å². The van der Waals surface area contributed by atoms with E-state index in [2.05, 4.69) is 5.32 Å². The van der Waals surface area contributed by atoms with Crippen molar-refractivity contribution in [2.75, 3.05) is 13.2 Å². The van der Waals surface area contributed by atoms with E-state index in [9.17, 15) is 20.1 Å². The molecule has 128 valence electrons. The smallest absolute Gasteiger partial charge is 0.255 e. The van der Waals surface area contributed by atoms with E-state index in [1.54, 1.807) is 6.08 Å². The van der Waals surface area contributed by atoms with Gasteiger partial charge in [-0.1, -0.05) is 30.3 Å². The molecule has 2 aliphatic rings. The third kappa shape index (κ3) is 3.19. The van der Waals surface area contributed by atoms with Gasteiger partial charge in [-0.15, -0.1) is 0 Å². The Morgan fingerprint density at radius 3 is 2.62 bits per heavy atom. The summed E-state index contributed by atoms with van der Waals surface area (Å²) in [6, 6.07) is 9.33. The van der Waals surface area contributed by atoms with Crippen LogP contribution < -0.4 is 5.32 Å². The van der Waals surface area contributed by atoms with Crippen LogP contribution in [0.15, 0.2) is 35.9 Å². The van der Waals surface area contributed by atoms with Gasteiger partial charge in [0.05, 0.1) is 13.2 Å².